The smallest absolute Gasteiger partial charge is 0.261 e. The van der Waals surface area contributed by atoms with Crippen LogP contribution in [0.1, 0.15) is 42.6 Å². The van der Waals surface area contributed by atoms with Gasteiger partial charge < -0.3 is 25.2 Å². The second kappa shape index (κ2) is 9.36. The summed E-state index contributed by atoms with van der Waals surface area (Å²) in [5, 5.41) is 26.8. The van der Waals surface area contributed by atoms with E-state index in [1.807, 2.05) is 19.1 Å². The zero-order valence-corrected chi connectivity index (χ0v) is 19.3. The minimum absolute atomic E-state index is 0.152. The number of anilines is 2. The normalized spacial score (nSPS) is 15.1. The van der Waals surface area contributed by atoms with Gasteiger partial charge in [-0.3, -0.25) is 4.79 Å². The van der Waals surface area contributed by atoms with Crippen molar-refractivity contribution in [1.29, 1.82) is 0 Å². The van der Waals surface area contributed by atoms with E-state index in [1.165, 1.54) is 6.20 Å². The molecule has 3 N–H and O–H groups in total. The van der Waals surface area contributed by atoms with E-state index >= 15 is 0 Å². The highest BCUT2D eigenvalue weighted by Gasteiger charge is 2.24. The zero-order valence-electron chi connectivity index (χ0n) is 19.3. The standard InChI is InChI=1S/C24H31N5O4/c1-16-11-19(27-23(31)18-13-26-29-8-4-7-25-22(18)29)20(12-21(16)33-15-24(2,3)32)28-9-5-17(14-30)6-10-28/h4,7-8,11-13,17,30,32H,5-6,9-10,14-15H2,1-3H3,(H,27,31). The van der Waals surface area contributed by atoms with Crippen LogP contribution in [0.4, 0.5) is 11.4 Å². The number of aliphatic hydroxyl groups is 2. The van der Waals surface area contributed by atoms with E-state index in [2.05, 4.69) is 20.3 Å². The van der Waals surface area contributed by atoms with Crippen molar-refractivity contribution in [2.45, 2.75) is 39.2 Å². The number of aryl methyl sites for hydroxylation is 1. The molecule has 3 aromatic rings. The van der Waals surface area contributed by atoms with Gasteiger partial charge in [0, 0.05) is 38.2 Å². The van der Waals surface area contributed by atoms with Crippen molar-refractivity contribution >= 4 is 22.9 Å². The molecule has 1 fully saturated rings. The summed E-state index contributed by atoms with van der Waals surface area (Å²) in [6, 6.07) is 5.57. The summed E-state index contributed by atoms with van der Waals surface area (Å²) < 4.78 is 7.48. The average molecular weight is 454 g/mol. The molecule has 1 aromatic carbocycles. The minimum atomic E-state index is -0.963. The first kappa shape index (κ1) is 23.0. The lowest BCUT2D eigenvalue weighted by Gasteiger charge is -2.34. The van der Waals surface area contributed by atoms with Crippen LogP contribution in [-0.4, -0.2) is 62.6 Å². The van der Waals surface area contributed by atoms with E-state index < -0.39 is 5.60 Å². The van der Waals surface area contributed by atoms with E-state index in [0.29, 0.717) is 28.6 Å². The number of piperidine rings is 1. The van der Waals surface area contributed by atoms with Crippen molar-refractivity contribution < 1.29 is 19.7 Å². The molecule has 9 nitrogen and oxygen atoms in total. The highest BCUT2D eigenvalue weighted by atomic mass is 16.5. The number of carbonyl (C=O) groups is 1. The molecule has 0 saturated carbocycles. The van der Waals surface area contributed by atoms with Gasteiger partial charge in [0.25, 0.3) is 5.91 Å². The molecule has 0 bridgehead atoms. The van der Waals surface area contributed by atoms with Gasteiger partial charge in [0.05, 0.1) is 23.2 Å². The number of aromatic nitrogens is 3. The van der Waals surface area contributed by atoms with Crippen molar-refractivity contribution in [1.82, 2.24) is 14.6 Å². The Morgan fingerprint density at radius 3 is 2.76 bits per heavy atom. The molecular formula is C24H31N5O4. The number of fused-ring (bicyclic) bond motifs is 1. The van der Waals surface area contributed by atoms with Crippen molar-refractivity contribution in [2.24, 2.45) is 5.92 Å². The van der Waals surface area contributed by atoms with Gasteiger partial charge in [-0.05, 0) is 57.2 Å². The molecule has 2 aromatic heterocycles. The quantitative estimate of drug-likeness (QED) is 0.504. The lowest BCUT2D eigenvalue weighted by molar-refractivity contribution is 0.0283. The highest BCUT2D eigenvalue weighted by molar-refractivity contribution is 6.09. The number of carbonyl (C=O) groups excluding carboxylic acids is 1. The lowest BCUT2D eigenvalue weighted by Crippen LogP contribution is -2.35. The van der Waals surface area contributed by atoms with Crippen molar-refractivity contribution in [3.63, 3.8) is 0 Å². The largest absolute Gasteiger partial charge is 0.490 e. The third-order valence-corrected chi connectivity index (χ3v) is 5.86. The van der Waals surface area contributed by atoms with E-state index in [4.69, 9.17) is 4.74 Å². The topological polar surface area (TPSA) is 112 Å². The maximum absolute atomic E-state index is 13.2. The highest BCUT2D eigenvalue weighted by Crippen LogP contribution is 2.36. The summed E-state index contributed by atoms with van der Waals surface area (Å²) in [7, 11) is 0. The molecule has 0 unspecified atom stereocenters. The number of ether oxygens (including phenoxy) is 1. The molecule has 1 saturated heterocycles. The summed E-state index contributed by atoms with van der Waals surface area (Å²) in [5.74, 6) is 0.660. The molecule has 0 radical (unpaired) electrons. The fourth-order valence-electron chi connectivity index (χ4n) is 3.98. The van der Waals surface area contributed by atoms with Crippen LogP contribution in [0.15, 0.2) is 36.8 Å². The molecule has 176 valence electrons. The summed E-state index contributed by atoms with van der Waals surface area (Å²) in [6.45, 7) is 7.17. The summed E-state index contributed by atoms with van der Waals surface area (Å²) >= 11 is 0. The first-order valence-electron chi connectivity index (χ1n) is 11.2. The molecule has 1 aliphatic heterocycles. The number of hydrogen-bond acceptors (Lipinski definition) is 7. The summed E-state index contributed by atoms with van der Waals surface area (Å²) in [5.41, 5.74) is 2.28. The fraction of sp³-hybridized carbons (Fsp3) is 0.458. The molecule has 0 spiro atoms. The maximum Gasteiger partial charge on any atom is 0.261 e. The van der Waals surface area contributed by atoms with E-state index in [0.717, 1.165) is 37.2 Å². The average Bonchev–Trinajstić information content (AvgIpc) is 3.22. The van der Waals surface area contributed by atoms with Crippen molar-refractivity contribution in [3.05, 3.63) is 47.9 Å². The molecule has 1 amide bonds. The van der Waals surface area contributed by atoms with Gasteiger partial charge in [0.1, 0.15) is 17.9 Å². The molecule has 0 atom stereocenters. The van der Waals surface area contributed by atoms with Crippen molar-refractivity contribution in [2.75, 3.05) is 36.5 Å². The number of amides is 1. The summed E-state index contributed by atoms with van der Waals surface area (Å²) in [6.07, 6.45) is 6.63. The molecule has 33 heavy (non-hydrogen) atoms. The Morgan fingerprint density at radius 2 is 2.06 bits per heavy atom. The fourth-order valence-corrected chi connectivity index (χ4v) is 3.98. The van der Waals surface area contributed by atoms with Gasteiger partial charge in [0.15, 0.2) is 5.65 Å². The van der Waals surface area contributed by atoms with Crippen LogP contribution in [0.2, 0.25) is 0 Å². The molecule has 9 heteroatoms. The maximum atomic E-state index is 13.2. The van der Waals surface area contributed by atoms with Gasteiger partial charge in [-0.25, -0.2) is 9.50 Å². The Hall–Kier alpha value is -3.17. The zero-order chi connectivity index (χ0) is 23.6. The first-order chi connectivity index (χ1) is 15.7. The van der Waals surface area contributed by atoms with Crippen LogP contribution in [-0.2, 0) is 0 Å². The number of aliphatic hydroxyl groups excluding tert-OH is 1. The lowest BCUT2D eigenvalue weighted by atomic mass is 9.97. The molecular weight excluding hydrogens is 422 g/mol. The minimum Gasteiger partial charge on any atom is -0.490 e. The van der Waals surface area contributed by atoms with Crippen LogP contribution in [0, 0.1) is 12.8 Å². The van der Waals surface area contributed by atoms with Gasteiger partial charge in [-0.15, -0.1) is 0 Å². The molecule has 4 rings (SSSR count). The van der Waals surface area contributed by atoms with E-state index in [9.17, 15) is 15.0 Å². The number of hydrogen-bond donors (Lipinski definition) is 3. The second-order valence-corrected chi connectivity index (χ2v) is 9.25. The number of nitrogens with one attached hydrogen (secondary N) is 1. The summed E-state index contributed by atoms with van der Waals surface area (Å²) in [4.78, 5) is 19.6. The Morgan fingerprint density at radius 1 is 1.30 bits per heavy atom. The van der Waals surface area contributed by atoms with E-state index in [1.54, 1.807) is 36.8 Å². The van der Waals surface area contributed by atoms with Crippen LogP contribution >= 0.6 is 0 Å². The van der Waals surface area contributed by atoms with Gasteiger partial charge in [-0.2, -0.15) is 5.10 Å². The Kier molecular flexibility index (Phi) is 6.53. The third kappa shape index (κ3) is 5.26. The number of nitrogens with zero attached hydrogens (tertiary/aromatic N) is 4. The second-order valence-electron chi connectivity index (χ2n) is 9.25. The first-order valence-corrected chi connectivity index (χ1v) is 11.2. The molecule has 0 aliphatic carbocycles. The number of benzene rings is 1. The Balaban J connectivity index is 1.65. The van der Waals surface area contributed by atoms with E-state index in [-0.39, 0.29) is 19.1 Å². The van der Waals surface area contributed by atoms with Crippen LogP contribution < -0.4 is 15.0 Å². The number of rotatable bonds is 7. The van der Waals surface area contributed by atoms with Gasteiger partial charge in [-0.1, -0.05) is 0 Å². The predicted octanol–water partition coefficient (Wildman–Crippen LogP) is 2.65. The Labute approximate surface area is 193 Å². The van der Waals surface area contributed by atoms with Crippen LogP contribution in [0.5, 0.6) is 5.75 Å². The molecule has 1 aliphatic rings. The Bertz CT molecular complexity index is 1130. The monoisotopic (exact) mass is 453 g/mol. The van der Waals surface area contributed by atoms with Crippen LogP contribution in [0.25, 0.3) is 5.65 Å². The van der Waals surface area contributed by atoms with Crippen molar-refractivity contribution in [3.8, 4) is 5.75 Å². The third-order valence-electron chi connectivity index (χ3n) is 5.86. The van der Waals surface area contributed by atoms with Gasteiger partial charge in [0.2, 0.25) is 0 Å². The van der Waals surface area contributed by atoms with Crippen LogP contribution in [0.3, 0.4) is 0 Å². The van der Waals surface area contributed by atoms with Gasteiger partial charge >= 0.3 is 0 Å². The predicted molar refractivity (Wildman–Crippen MR) is 126 cm³/mol. The molecule has 3 heterocycles. The SMILES string of the molecule is Cc1cc(NC(=O)c2cnn3cccnc23)c(N2CCC(CO)CC2)cc1OCC(C)(C)O.